The normalized spacial score (nSPS) is 11.2. The molecule has 1 aromatic rings. The van der Waals surface area contributed by atoms with Crippen molar-refractivity contribution in [3.05, 3.63) is 28.1 Å². The fraction of sp³-hybridized carbons (Fsp3) is 0.500. The summed E-state index contributed by atoms with van der Waals surface area (Å²) in [6.07, 6.45) is 1.80. The van der Waals surface area contributed by atoms with Crippen molar-refractivity contribution in [2.45, 2.75) is 25.8 Å². The highest BCUT2D eigenvalue weighted by Crippen LogP contribution is 2.14. The molecule has 7 heteroatoms. The van der Waals surface area contributed by atoms with Gasteiger partial charge in [-0.2, -0.15) is 0 Å². The number of carbonyl (C=O) groups excluding carboxylic acids is 1. The van der Waals surface area contributed by atoms with Gasteiger partial charge in [-0.05, 0) is 20.3 Å². The second kappa shape index (κ2) is 5.18. The molecule has 0 atom stereocenters. The molecule has 0 aliphatic rings. The van der Waals surface area contributed by atoms with Crippen LogP contribution in [0.1, 0.15) is 30.8 Å². The van der Waals surface area contributed by atoms with Crippen LogP contribution in [-0.2, 0) is 0 Å². The number of aromatic amines is 1. The molecule has 0 aromatic carbocycles. The van der Waals surface area contributed by atoms with Gasteiger partial charge >= 0.3 is 0 Å². The third kappa shape index (κ3) is 3.74. The molecule has 0 aliphatic heterocycles. The van der Waals surface area contributed by atoms with Crippen molar-refractivity contribution in [1.29, 1.82) is 0 Å². The lowest BCUT2D eigenvalue weighted by atomic mass is 10.0. The minimum absolute atomic E-state index is 0.134. The summed E-state index contributed by atoms with van der Waals surface area (Å²) in [6, 6.07) is 1.20. The molecule has 17 heavy (non-hydrogen) atoms. The molecule has 1 amide bonds. The molecule has 1 heterocycles. The standard InChI is InChI=1S/C10H14ClN3O3/c1-10(2,3-4-11)13-9(15)8-5-7(6-12-8)14(16)17/h5-6,12H,3-4H2,1-2H3,(H,13,15). The van der Waals surface area contributed by atoms with Crippen molar-refractivity contribution >= 4 is 23.2 Å². The van der Waals surface area contributed by atoms with Crippen LogP contribution in [0.2, 0.25) is 0 Å². The number of H-pyrrole nitrogens is 1. The zero-order valence-electron chi connectivity index (χ0n) is 9.62. The number of alkyl halides is 1. The number of nitrogens with one attached hydrogen (secondary N) is 2. The number of rotatable bonds is 5. The summed E-state index contributed by atoms with van der Waals surface area (Å²) >= 11 is 5.61. The van der Waals surface area contributed by atoms with Crippen molar-refractivity contribution in [2.24, 2.45) is 0 Å². The molecular formula is C10H14ClN3O3. The molecule has 0 saturated carbocycles. The minimum atomic E-state index is -0.558. The van der Waals surface area contributed by atoms with Gasteiger partial charge in [0.2, 0.25) is 0 Å². The lowest BCUT2D eigenvalue weighted by Gasteiger charge is -2.24. The van der Waals surface area contributed by atoms with Crippen LogP contribution in [0.15, 0.2) is 12.3 Å². The first-order valence-electron chi connectivity index (χ1n) is 5.07. The van der Waals surface area contributed by atoms with Gasteiger partial charge in [-0.25, -0.2) is 0 Å². The Morgan fingerprint density at radius 2 is 2.29 bits per heavy atom. The second-order valence-corrected chi connectivity index (χ2v) is 4.68. The summed E-state index contributed by atoms with van der Waals surface area (Å²) in [5.41, 5.74) is -0.414. The minimum Gasteiger partial charge on any atom is -0.351 e. The molecular weight excluding hydrogens is 246 g/mol. The van der Waals surface area contributed by atoms with Gasteiger partial charge in [0.05, 0.1) is 11.1 Å². The maximum Gasteiger partial charge on any atom is 0.287 e. The highest BCUT2D eigenvalue weighted by molar-refractivity contribution is 6.17. The number of hydrogen-bond acceptors (Lipinski definition) is 3. The molecule has 0 bridgehead atoms. The SMILES string of the molecule is CC(C)(CCCl)NC(=O)c1cc([N+](=O)[O-])c[nH]1. The predicted molar refractivity (Wildman–Crippen MR) is 64.3 cm³/mol. The van der Waals surface area contributed by atoms with Gasteiger partial charge in [0.1, 0.15) is 5.69 Å². The average molecular weight is 260 g/mol. The van der Waals surface area contributed by atoms with E-state index in [9.17, 15) is 14.9 Å². The van der Waals surface area contributed by atoms with Crippen LogP contribution < -0.4 is 5.32 Å². The summed E-state index contributed by atoms with van der Waals surface area (Å²) in [5, 5.41) is 13.2. The third-order valence-corrected chi connectivity index (χ3v) is 2.48. The van der Waals surface area contributed by atoms with E-state index in [0.717, 1.165) is 0 Å². The first kappa shape index (κ1) is 13.5. The predicted octanol–water partition coefficient (Wildman–Crippen LogP) is 2.06. The number of nitro groups is 1. The van der Waals surface area contributed by atoms with Gasteiger partial charge in [0.15, 0.2) is 0 Å². The Labute approximate surface area is 103 Å². The Morgan fingerprint density at radius 1 is 1.65 bits per heavy atom. The van der Waals surface area contributed by atoms with Crippen LogP contribution in [0.3, 0.4) is 0 Å². The zero-order valence-corrected chi connectivity index (χ0v) is 10.4. The Bertz CT molecular complexity index is 428. The molecule has 0 radical (unpaired) electrons. The van der Waals surface area contributed by atoms with Crippen molar-refractivity contribution in [3.63, 3.8) is 0 Å². The number of aromatic nitrogens is 1. The molecule has 0 fully saturated rings. The number of amides is 1. The van der Waals surface area contributed by atoms with Gasteiger partial charge in [0, 0.05) is 17.5 Å². The van der Waals surface area contributed by atoms with E-state index in [1.54, 1.807) is 0 Å². The number of hydrogen-bond donors (Lipinski definition) is 2. The van der Waals surface area contributed by atoms with Gasteiger partial charge in [0.25, 0.3) is 11.6 Å². The molecule has 0 saturated heterocycles. The largest absolute Gasteiger partial charge is 0.351 e. The van der Waals surface area contributed by atoms with E-state index in [1.165, 1.54) is 12.3 Å². The van der Waals surface area contributed by atoms with Gasteiger partial charge < -0.3 is 10.3 Å². The number of carbonyl (C=O) groups is 1. The highest BCUT2D eigenvalue weighted by Gasteiger charge is 2.22. The summed E-state index contributed by atoms with van der Waals surface area (Å²) in [7, 11) is 0. The third-order valence-electron chi connectivity index (χ3n) is 2.29. The van der Waals surface area contributed by atoms with Gasteiger partial charge in [-0.3, -0.25) is 14.9 Å². The monoisotopic (exact) mass is 259 g/mol. The van der Waals surface area contributed by atoms with Gasteiger partial charge in [-0.1, -0.05) is 0 Å². The summed E-state index contributed by atoms with van der Waals surface area (Å²) < 4.78 is 0. The van der Waals surface area contributed by atoms with E-state index < -0.39 is 10.5 Å². The summed E-state index contributed by atoms with van der Waals surface area (Å²) in [4.78, 5) is 24.2. The molecule has 94 valence electrons. The number of nitrogens with zero attached hydrogens (tertiary/aromatic N) is 1. The summed E-state index contributed by atoms with van der Waals surface area (Å²) in [5.74, 6) is 0.0474. The lowest BCUT2D eigenvalue weighted by molar-refractivity contribution is -0.384. The zero-order chi connectivity index (χ0) is 13.1. The first-order chi connectivity index (χ1) is 7.85. The van der Waals surface area contributed by atoms with E-state index >= 15 is 0 Å². The van der Waals surface area contributed by atoms with Crippen LogP contribution in [-0.4, -0.2) is 27.2 Å². The molecule has 0 aliphatic carbocycles. The smallest absolute Gasteiger partial charge is 0.287 e. The molecule has 2 N–H and O–H groups in total. The van der Waals surface area contributed by atoms with Crippen molar-refractivity contribution < 1.29 is 9.72 Å². The quantitative estimate of drug-likeness (QED) is 0.482. The van der Waals surface area contributed by atoms with Crippen molar-refractivity contribution in [3.8, 4) is 0 Å². The maximum atomic E-state index is 11.8. The summed E-state index contributed by atoms with van der Waals surface area (Å²) in [6.45, 7) is 3.68. The van der Waals surface area contributed by atoms with Crippen LogP contribution in [0.5, 0.6) is 0 Å². The van der Waals surface area contributed by atoms with Gasteiger partial charge in [-0.15, -0.1) is 11.6 Å². The van der Waals surface area contributed by atoms with E-state index in [4.69, 9.17) is 11.6 Å². The molecule has 0 spiro atoms. The fourth-order valence-corrected chi connectivity index (χ4v) is 1.77. The van der Waals surface area contributed by atoms with Crippen molar-refractivity contribution in [2.75, 3.05) is 5.88 Å². The first-order valence-corrected chi connectivity index (χ1v) is 5.60. The maximum absolute atomic E-state index is 11.8. The Kier molecular flexibility index (Phi) is 4.11. The van der Waals surface area contributed by atoms with E-state index in [-0.39, 0.29) is 17.3 Å². The second-order valence-electron chi connectivity index (χ2n) is 4.31. The molecule has 1 rings (SSSR count). The Hall–Kier alpha value is -1.56. The van der Waals surface area contributed by atoms with Crippen molar-refractivity contribution in [1.82, 2.24) is 10.3 Å². The van der Waals surface area contributed by atoms with E-state index in [2.05, 4.69) is 10.3 Å². The Morgan fingerprint density at radius 3 is 2.76 bits per heavy atom. The molecule has 6 nitrogen and oxygen atoms in total. The molecule has 0 unspecified atom stereocenters. The highest BCUT2D eigenvalue weighted by atomic mass is 35.5. The molecule has 1 aromatic heterocycles. The Balaban J connectivity index is 2.73. The van der Waals surface area contributed by atoms with E-state index in [0.29, 0.717) is 12.3 Å². The van der Waals surface area contributed by atoms with Crippen LogP contribution in [0, 0.1) is 10.1 Å². The average Bonchev–Trinajstić information content (AvgIpc) is 2.64. The lowest BCUT2D eigenvalue weighted by Crippen LogP contribution is -2.43. The fourth-order valence-electron chi connectivity index (χ4n) is 1.29. The van der Waals surface area contributed by atoms with E-state index in [1.807, 2.05) is 13.8 Å². The number of halogens is 1. The topological polar surface area (TPSA) is 88.0 Å². The van der Waals surface area contributed by atoms with Crippen LogP contribution in [0.4, 0.5) is 5.69 Å². The van der Waals surface area contributed by atoms with Crippen LogP contribution in [0.25, 0.3) is 0 Å². The van der Waals surface area contributed by atoms with Crippen LogP contribution >= 0.6 is 11.6 Å².